The van der Waals surface area contributed by atoms with Crippen molar-refractivity contribution in [1.29, 1.82) is 0 Å². The molecule has 2 aromatic carbocycles. The molecular weight excluding hydrogens is 422 g/mol. The summed E-state index contributed by atoms with van der Waals surface area (Å²) in [6.07, 6.45) is 3.07. The number of fused-ring (bicyclic) bond motifs is 1. The lowest BCUT2D eigenvalue weighted by Crippen LogP contribution is -2.49. The first-order valence-corrected chi connectivity index (χ1v) is 12.1. The number of anilines is 1. The van der Waals surface area contributed by atoms with Crippen molar-refractivity contribution in [2.75, 3.05) is 18.4 Å². The van der Waals surface area contributed by atoms with Gasteiger partial charge in [-0.3, -0.25) is 14.4 Å². The second-order valence-electron chi connectivity index (χ2n) is 8.52. The average Bonchev–Trinajstić information content (AvgIpc) is 2.82. The molecule has 2 heterocycles. The second kappa shape index (κ2) is 10.2. The van der Waals surface area contributed by atoms with Crippen LogP contribution in [-0.4, -0.2) is 47.0 Å². The Morgan fingerprint density at radius 3 is 2.53 bits per heavy atom. The predicted molar refractivity (Wildman–Crippen MR) is 126 cm³/mol. The molecule has 2 aliphatic heterocycles. The molecule has 2 atom stereocenters. The molecular formula is C25H29N3O3S. The molecule has 32 heavy (non-hydrogen) atoms. The van der Waals surface area contributed by atoms with Crippen LogP contribution < -0.4 is 10.6 Å². The van der Waals surface area contributed by atoms with Crippen molar-refractivity contribution < 1.29 is 14.4 Å². The Bertz CT molecular complexity index is 973. The van der Waals surface area contributed by atoms with Gasteiger partial charge in [0.15, 0.2) is 5.25 Å². The average molecular weight is 452 g/mol. The topological polar surface area (TPSA) is 78.5 Å². The first-order chi connectivity index (χ1) is 15.5. The van der Waals surface area contributed by atoms with Gasteiger partial charge in [-0.2, -0.15) is 0 Å². The van der Waals surface area contributed by atoms with E-state index in [-0.39, 0.29) is 29.7 Å². The molecule has 168 valence electrons. The smallest absolute Gasteiger partial charge is 0.247 e. The van der Waals surface area contributed by atoms with Gasteiger partial charge in [-0.25, -0.2) is 0 Å². The van der Waals surface area contributed by atoms with Crippen molar-refractivity contribution in [3.05, 3.63) is 60.2 Å². The SMILES string of the molecule is C[C@H](CCc1ccccc1)NC(=O)C1CCN(C(=O)[C@@H]2Sc3ccccc3NC2=O)CC1. The second-order valence-corrected chi connectivity index (χ2v) is 9.66. The van der Waals surface area contributed by atoms with Crippen LogP contribution in [-0.2, 0) is 20.8 Å². The van der Waals surface area contributed by atoms with E-state index in [1.165, 1.54) is 17.3 Å². The number of carbonyl (C=O) groups is 3. The van der Waals surface area contributed by atoms with E-state index in [4.69, 9.17) is 0 Å². The Morgan fingerprint density at radius 2 is 1.78 bits per heavy atom. The van der Waals surface area contributed by atoms with Crippen molar-refractivity contribution in [3.63, 3.8) is 0 Å². The quantitative estimate of drug-likeness (QED) is 0.659. The molecule has 0 radical (unpaired) electrons. The standard InChI is InChI=1S/C25H29N3O3S/c1-17(11-12-18-7-3-2-4-8-18)26-23(29)19-13-15-28(16-14-19)25(31)22-24(30)27-20-9-5-6-10-21(20)32-22/h2-10,17,19,22H,11-16H2,1H3,(H,26,29)(H,27,30)/t17-,22-/m1/s1. The number of hydrogen-bond donors (Lipinski definition) is 2. The van der Waals surface area contributed by atoms with Gasteiger partial charge in [0.25, 0.3) is 0 Å². The molecule has 0 bridgehead atoms. The van der Waals surface area contributed by atoms with Gasteiger partial charge in [0, 0.05) is 29.9 Å². The van der Waals surface area contributed by atoms with Gasteiger partial charge >= 0.3 is 0 Å². The number of nitrogens with zero attached hydrogens (tertiary/aromatic N) is 1. The van der Waals surface area contributed by atoms with Gasteiger partial charge in [0.1, 0.15) is 0 Å². The van der Waals surface area contributed by atoms with Gasteiger partial charge in [-0.1, -0.05) is 42.5 Å². The molecule has 0 spiro atoms. The molecule has 2 aliphatic rings. The number of carbonyl (C=O) groups excluding carboxylic acids is 3. The van der Waals surface area contributed by atoms with Crippen molar-refractivity contribution in [3.8, 4) is 0 Å². The molecule has 0 aliphatic carbocycles. The van der Waals surface area contributed by atoms with Gasteiger partial charge < -0.3 is 15.5 Å². The first-order valence-electron chi connectivity index (χ1n) is 11.2. The van der Waals surface area contributed by atoms with Crippen molar-refractivity contribution >= 4 is 35.2 Å². The largest absolute Gasteiger partial charge is 0.353 e. The zero-order valence-electron chi connectivity index (χ0n) is 18.3. The lowest BCUT2D eigenvalue weighted by Gasteiger charge is -2.34. The number of rotatable bonds is 6. The number of likely N-dealkylation sites (tertiary alicyclic amines) is 1. The van der Waals surface area contributed by atoms with Gasteiger partial charge in [-0.05, 0) is 50.3 Å². The minimum absolute atomic E-state index is 0.0661. The van der Waals surface area contributed by atoms with Crippen LogP contribution in [0.25, 0.3) is 0 Å². The fourth-order valence-electron chi connectivity index (χ4n) is 4.20. The maximum atomic E-state index is 13.0. The summed E-state index contributed by atoms with van der Waals surface area (Å²) < 4.78 is 0. The third kappa shape index (κ3) is 5.33. The van der Waals surface area contributed by atoms with E-state index in [0.717, 1.165) is 23.4 Å². The molecule has 0 aromatic heterocycles. The minimum Gasteiger partial charge on any atom is -0.353 e. The molecule has 2 N–H and O–H groups in total. The summed E-state index contributed by atoms with van der Waals surface area (Å²) in [7, 11) is 0. The van der Waals surface area contributed by atoms with Gasteiger partial charge in [-0.15, -0.1) is 11.8 Å². The Labute approximate surface area is 193 Å². The molecule has 6 nitrogen and oxygen atoms in total. The number of para-hydroxylation sites is 1. The summed E-state index contributed by atoms with van der Waals surface area (Å²) in [5.74, 6) is -0.467. The van der Waals surface area contributed by atoms with Crippen LogP contribution in [0, 0.1) is 5.92 Å². The predicted octanol–water partition coefficient (Wildman–Crippen LogP) is 3.48. The number of thioether (sulfide) groups is 1. The Kier molecular flexibility index (Phi) is 7.15. The van der Waals surface area contributed by atoms with Crippen LogP contribution in [0.3, 0.4) is 0 Å². The fourth-order valence-corrected chi connectivity index (χ4v) is 5.28. The lowest BCUT2D eigenvalue weighted by molar-refractivity contribution is -0.137. The van der Waals surface area contributed by atoms with E-state index in [2.05, 4.69) is 22.8 Å². The number of nitrogens with one attached hydrogen (secondary N) is 2. The fraction of sp³-hybridized carbons (Fsp3) is 0.400. The molecule has 1 fully saturated rings. The molecule has 0 saturated carbocycles. The maximum Gasteiger partial charge on any atom is 0.247 e. The number of piperidine rings is 1. The summed E-state index contributed by atoms with van der Waals surface area (Å²) in [4.78, 5) is 40.8. The number of hydrogen-bond acceptors (Lipinski definition) is 4. The number of aryl methyl sites for hydroxylation is 1. The lowest BCUT2D eigenvalue weighted by atomic mass is 9.95. The van der Waals surface area contributed by atoms with Crippen LogP contribution in [0.5, 0.6) is 0 Å². The molecule has 3 amide bonds. The summed E-state index contributed by atoms with van der Waals surface area (Å²) in [6, 6.07) is 17.9. The van der Waals surface area contributed by atoms with E-state index in [1.54, 1.807) is 4.90 Å². The van der Waals surface area contributed by atoms with Crippen LogP contribution in [0.4, 0.5) is 5.69 Å². The summed E-state index contributed by atoms with van der Waals surface area (Å²) in [5, 5.41) is 5.20. The highest BCUT2D eigenvalue weighted by molar-refractivity contribution is 8.01. The Balaban J connectivity index is 1.24. The van der Waals surface area contributed by atoms with Crippen molar-refractivity contribution in [2.24, 2.45) is 5.92 Å². The highest BCUT2D eigenvalue weighted by atomic mass is 32.2. The van der Waals surface area contributed by atoms with Gasteiger partial charge in [0.05, 0.1) is 5.69 Å². The van der Waals surface area contributed by atoms with Gasteiger partial charge in [0.2, 0.25) is 17.7 Å². The third-order valence-electron chi connectivity index (χ3n) is 6.13. The zero-order chi connectivity index (χ0) is 22.5. The monoisotopic (exact) mass is 451 g/mol. The third-order valence-corrected chi connectivity index (χ3v) is 7.39. The van der Waals surface area contributed by atoms with Crippen LogP contribution in [0.2, 0.25) is 0 Å². The van der Waals surface area contributed by atoms with Crippen molar-refractivity contribution in [1.82, 2.24) is 10.2 Å². The minimum atomic E-state index is -0.770. The summed E-state index contributed by atoms with van der Waals surface area (Å²) >= 11 is 1.30. The summed E-state index contributed by atoms with van der Waals surface area (Å²) in [6.45, 7) is 3.04. The first kappa shape index (κ1) is 22.4. The van der Waals surface area contributed by atoms with E-state index < -0.39 is 5.25 Å². The van der Waals surface area contributed by atoms with Crippen LogP contribution in [0.1, 0.15) is 31.7 Å². The van der Waals surface area contributed by atoms with E-state index in [9.17, 15) is 14.4 Å². The Hall–Kier alpha value is -2.80. The molecule has 7 heteroatoms. The zero-order valence-corrected chi connectivity index (χ0v) is 19.1. The van der Waals surface area contributed by atoms with Crippen LogP contribution in [0.15, 0.2) is 59.5 Å². The highest BCUT2D eigenvalue weighted by Crippen LogP contribution is 2.36. The van der Waals surface area contributed by atoms with E-state index in [1.807, 2.05) is 49.4 Å². The molecule has 4 rings (SSSR count). The van der Waals surface area contributed by atoms with E-state index in [0.29, 0.717) is 25.9 Å². The Morgan fingerprint density at radius 1 is 1.09 bits per heavy atom. The van der Waals surface area contributed by atoms with E-state index >= 15 is 0 Å². The van der Waals surface area contributed by atoms with Crippen LogP contribution >= 0.6 is 11.8 Å². The molecule has 0 unspecified atom stereocenters. The maximum absolute atomic E-state index is 13.0. The normalized spacial score (nSPS) is 19.6. The molecule has 1 saturated heterocycles. The highest BCUT2D eigenvalue weighted by Gasteiger charge is 2.37. The summed E-state index contributed by atoms with van der Waals surface area (Å²) in [5.41, 5.74) is 2.02. The molecule has 2 aromatic rings. The number of amides is 3. The van der Waals surface area contributed by atoms with Crippen molar-refractivity contribution in [2.45, 2.75) is 48.8 Å². The number of benzene rings is 2.